The predicted octanol–water partition coefficient (Wildman–Crippen LogP) is 10.3. The fraction of sp³-hybridized carbons (Fsp3) is 0.941. The summed E-state index contributed by atoms with van der Waals surface area (Å²) < 4.78 is 23.4. The Bertz CT molecular complexity index is 1000. The maximum atomic E-state index is 12.7. The van der Waals surface area contributed by atoms with Crippen LogP contribution >= 0.6 is 0 Å². The molecule has 0 saturated carbocycles. The normalized spacial score (nSPS) is 17.3. The van der Waals surface area contributed by atoms with Crippen molar-refractivity contribution in [3.8, 4) is 0 Å². The molecule has 4 fully saturated rings. The highest BCUT2D eigenvalue weighted by Gasteiger charge is 2.37. The van der Waals surface area contributed by atoms with E-state index < -0.39 is 15.2 Å². The molecule has 0 radical (unpaired) electrons. The molecule has 2 amide bonds. The van der Waals surface area contributed by atoms with Crippen LogP contribution in [-0.2, 0) is 19.1 Å². The Kier molecular flexibility index (Phi) is 62.0. The number of alkyl halides is 1. The van der Waals surface area contributed by atoms with E-state index in [1.165, 1.54) is 104 Å². The van der Waals surface area contributed by atoms with Crippen LogP contribution in [0.15, 0.2) is 0 Å². The zero-order chi connectivity index (χ0) is 50.1. The number of halogens is 1. The summed E-state index contributed by atoms with van der Waals surface area (Å²) in [5.74, 6) is 4.68. The third-order valence-electron chi connectivity index (χ3n) is 9.62. The second kappa shape index (κ2) is 53.3. The van der Waals surface area contributed by atoms with Gasteiger partial charge in [-0.15, -0.1) is 0 Å². The number of unbranched alkanes of at least 4 members (excludes halogenated alkanes) is 1. The summed E-state index contributed by atoms with van der Waals surface area (Å²) >= 11 is 0. The van der Waals surface area contributed by atoms with Crippen molar-refractivity contribution < 1.29 is 18.2 Å². The lowest BCUT2D eigenvalue weighted by molar-refractivity contribution is -0.129. The van der Waals surface area contributed by atoms with E-state index in [2.05, 4.69) is 72.5 Å². The van der Waals surface area contributed by atoms with Crippen molar-refractivity contribution in [3.05, 3.63) is 0 Å². The van der Waals surface area contributed by atoms with E-state index in [0.717, 1.165) is 51.3 Å². The number of piperazine rings is 1. The number of amides is 2. The van der Waals surface area contributed by atoms with Gasteiger partial charge in [0, 0.05) is 90.3 Å². The minimum atomic E-state index is -1.67. The molecular formula is C51H116FN7O3S. The summed E-state index contributed by atoms with van der Waals surface area (Å²) in [5.41, 5.74) is -0.880. The molecule has 63 heavy (non-hydrogen) atoms. The van der Waals surface area contributed by atoms with E-state index in [1.54, 1.807) is 13.2 Å². The molecule has 4 aliphatic rings. The zero-order valence-corrected chi connectivity index (χ0v) is 47.0. The highest BCUT2D eigenvalue weighted by atomic mass is 32.2. The summed E-state index contributed by atoms with van der Waals surface area (Å²) in [4.78, 5) is 35.2. The molecule has 1 unspecified atom stereocenters. The highest BCUT2D eigenvalue weighted by molar-refractivity contribution is 7.99. The molecule has 4 heterocycles. The van der Waals surface area contributed by atoms with E-state index in [1.807, 2.05) is 86.2 Å². The Hall–Kier alpha value is -1.31. The molecule has 4 aliphatic heterocycles. The SMILES string of the molecule is C=S(C)(=O)CCC.CC.CC.CC.CCC(=O)N1CCCC1.CCC(=O)NCCN(C)C.CCCC.CCCN1CC(C)(F)C1.CCCN1CCCC1.CCCN1CCN(C)CC1. The quantitative estimate of drug-likeness (QED) is 0.173. The van der Waals surface area contributed by atoms with Crippen LogP contribution in [-0.4, -0.2) is 188 Å². The van der Waals surface area contributed by atoms with Crippen LogP contribution in [0.1, 0.15) is 181 Å². The topological polar surface area (TPSA) is 82.7 Å². The third-order valence-corrected chi connectivity index (χ3v) is 10.9. The van der Waals surface area contributed by atoms with E-state index in [-0.39, 0.29) is 5.91 Å². The Morgan fingerprint density at radius 3 is 1.33 bits per heavy atom. The first kappa shape index (κ1) is 73.3. The van der Waals surface area contributed by atoms with Gasteiger partial charge >= 0.3 is 0 Å². The van der Waals surface area contributed by atoms with Gasteiger partial charge in [-0.05, 0) is 128 Å². The maximum Gasteiger partial charge on any atom is 0.222 e. The van der Waals surface area contributed by atoms with Crippen LogP contribution in [0.25, 0.3) is 0 Å². The van der Waals surface area contributed by atoms with Crippen LogP contribution < -0.4 is 5.32 Å². The number of likely N-dealkylation sites (N-methyl/N-ethyl adjacent to an activating group) is 2. The number of carbonyl (C=O) groups excluding carboxylic acids is 2. The van der Waals surface area contributed by atoms with Gasteiger partial charge in [-0.3, -0.25) is 18.7 Å². The first-order valence-electron chi connectivity index (χ1n) is 25.9. The number of likely N-dealkylation sites (tertiary alicyclic amines) is 3. The van der Waals surface area contributed by atoms with Crippen LogP contribution in [0.3, 0.4) is 0 Å². The monoisotopic (exact) mass is 926 g/mol. The average molecular weight is 927 g/mol. The van der Waals surface area contributed by atoms with Gasteiger partial charge < -0.3 is 29.8 Å². The number of carbonyl (C=O) groups is 2. The summed E-state index contributed by atoms with van der Waals surface area (Å²) in [6.07, 6.45) is 15.6. The fourth-order valence-electron chi connectivity index (χ4n) is 6.24. The van der Waals surface area contributed by atoms with Crippen molar-refractivity contribution in [1.29, 1.82) is 0 Å². The first-order valence-corrected chi connectivity index (χ1v) is 28.2. The summed E-state index contributed by atoms with van der Waals surface area (Å²) in [6, 6.07) is 0. The molecule has 4 rings (SSSR count). The smallest absolute Gasteiger partial charge is 0.222 e. The molecule has 1 N–H and O–H groups in total. The summed E-state index contributed by atoms with van der Waals surface area (Å²) in [5, 5.41) is 2.78. The van der Waals surface area contributed by atoms with Crippen molar-refractivity contribution >= 4 is 27.2 Å². The zero-order valence-electron chi connectivity index (χ0n) is 46.2. The average Bonchev–Trinajstić information content (AvgIpc) is 4.00. The molecule has 0 aromatic carbocycles. The molecule has 0 aromatic rings. The Morgan fingerprint density at radius 2 is 1.03 bits per heavy atom. The molecule has 0 bridgehead atoms. The van der Waals surface area contributed by atoms with Crippen molar-refractivity contribution in [2.75, 3.05) is 131 Å². The Balaban J connectivity index is -0.000000149. The van der Waals surface area contributed by atoms with Crippen LogP contribution in [0.4, 0.5) is 4.39 Å². The van der Waals surface area contributed by atoms with Gasteiger partial charge in [0.25, 0.3) is 0 Å². The van der Waals surface area contributed by atoms with Gasteiger partial charge in [0.05, 0.1) is 0 Å². The van der Waals surface area contributed by atoms with Crippen molar-refractivity contribution in [1.82, 2.24) is 34.7 Å². The minimum absolute atomic E-state index is 0.127. The second-order valence-corrected chi connectivity index (χ2v) is 19.4. The number of hydrogen-bond acceptors (Lipinski definition) is 8. The highest BCUT2D eigenvalue weighted by Crippen LogP contribution is 2.23. The van der Waals surface area contributed by atoms with Crippen LogP contribution in [0, 0.1) is 0 Å². The maximum absolute atomic E-state index is 12.7. The van der Waals surface area contributed by atoms with Gasteiger partial charge in [0.2, 0.25) is 11.8 Å². The molecule has 386 valence electrons. The molecular weight excluding hydrogens is 810 g/mol. The van der Waals surface area contributed by atoms with Gasteiger partial charge in [-0.25, -0.2) is 4.39 Å². The minimum Gasteiger partial charge on any atom is -0.355 e. The number of nitrogens with zero attached hydrogens (tertiary/aromatic N) is 6. The third kappa shape index (κ3) is 56.8. The first-order chi connectivity index (χ1) is 29.9. The molecule has 1 atom stereocenters. The van der Waals surface area contributed by atoms with Crippen LogP contribution in [0.5, 0.6) is 0 Å². The molecule has 12 heteroatoms. The molecule has 0 aliphatic carbocycles. The molecule has 10 nitrogen and oxygen atoms in total. The lowest BCUT2D eigenvalue weighted by Crippen LogP contribution is -2.56. The second-order valence-electron chi connectivity index (χ2n) is 16.7. The lowest BCUT2D eigenvalue weighted by atomic mass is 9.99. The van der Waals surface area contributed by atoms with Crippen molar-refractivity contribution in [2.24, 2.45) is 0 Å². The van der Waals surface area contributed by atoms with Crippen molar-refractivity contribution in [2.45, 2.75) is 187 Å². The molecule has 0 spiro atoms. The molecule has 0 aromatic heterocycles. The number of nitrogens with one attached hydrogen (secondary N) is 1. The van der Waals surface area contributed by atoms with Crippen LogP contribution in [0.2, 0.25) is 0 Å². The summed E-state index contributed by atoms with van der Waals surface area (Å²) in [7, 11) is 4.49. The number of hydrogen-bond donors (Lipinski definition) is 1. The van der Waals surface area contributed by atoms with E-state index in [0.29, 0.717) is 31.8 Å². The number of rotatable bonds is 14. The molecule has 4 saturated heterocycles. The Labute approximate surface area is 396 Å². The lowest BCUT2D eigenvalue weighted by Gasteiger charge is -2.42. The van der Waals surface area contributed by atoms with Gasteiger partial charge in [-0.1, -0.05) is 110 Å². The van der Waals surface area contributed by atoms with Gasteiger partial charge in [0.15, 0.2) is 0 Å². The summed E-state index contributed by atoms with van der Waals surface area (Å²) in [6.45, 7) is 46.7. The van der Waals surface area contributed by atoms with Gasteiger partial charge in [-0.2, -0.15) is 0 Å². The van der Waals surface area contributed by atoms with E-state index >= 15 is 0 Å². The fourth-order valence-corrected chi connectivity index (χ4v) is 7.10. The predicted molar refractivity (Wildman–Crippen MR) is 285 cm³/mol. The van der Waals surface area contributed by atoms with Crippen molar-refractivity contribution in [3.63, 3.8) is 0 Å². The van der Waals surface area contributed by atoms with Gasteiger partial charge in [0.1, 0.15) is 5.67 Å². The Morgan fingerprint density at radius 1 is 0.635 bits per heavy atom. The van der Waals surface area contributed by atoms with E-state index in [4.69, 9.17) is 0 Å². The standard InChI is InChI=1S/C8H18N2.C7H14FN.C7H16N2O.C7H13NO.C7H15N.C5H12OS.C4H10.3C2H6/c1-3-4-10-7-5-9(2)6-8-10;1-3-4-9-5-7(2,8)6-9;1-4-7(10)8-5-6-9(2)3;1-2-7(9)8-5-3-4-6-8;1-2-5-8-6-3-4-7-8;1-4-5-7(2,3)6;1-3-4-2;3*1-2/h3-8H2,1-2H3;3-6H2,1-2H3;4-6H2,1-3H3,(H,8,10);2-6H2,1H3;2-7H2,1H3;2,4-5H2,1,3H3;3-4H2,1-2H3;3*1-2H3. The largest absolute Gasteiger partial charge is 0.355 e. The van der Waals surface area contributed by atoms with E-state index in [9.17, 15) is 18.2 Å².